The summed E-state index contributed by atoms with van der Waals surface area (Å²) in [6.07, 6.45) is 0. The van der Waals surface area contributed by atoms with Crippen LogP contribution in [-0.4, -0.2) is 48.7 Å². The molecule has 0 fully saturated rings. The van der Waals surface area contributed by atoms with E-state index in [1.165, 1.54) is 0 Å². The minimum Gasteiger partial charge on any atom is -0.493 e. The lowest BCUT2D eigenvalue weighted by molar-refractivity contribution is 0.0995. The maximum atomic E-state index is 12.4. The molecule has 0 saturated carbocycles. The number of amides is 1. The Labute approximate surface area is 172 Å². The van der Waals surface area contributed by atoms with E-state index in [0.29, 0.717) is 17.6 Å². The van der Waals surface area contributed by atoms with Gasteiger partial charge in [0.15, 0.2) is 5.69 Å². The normalized spacial score (nSPS) is 11.6. The number of hydrogen-bond donors (Lipinski definition) is 1. The lowest BCUT2D eigenvalue weighted by Gasteiger charge is -2.13. The van der Waals surface area contributed by atoms with Crippen LogP contribution >= 0.6 is 15.9 Å². The van der Waals surface area contributed by atoms with E-state index in [2.05, 4.69) is 26.2 Å². The van der Waals surface area contributed by atoms with Gasteiger partial charge in [0.25, 0.3) is 5.91 Å². The maximum absolute atomic E-state index is 12.4. The lowest BCUT2D eigenvalue weighted by Crippen LogP contribution is -2.16. The number of carbonyl (C=O) groups is 1. The van der Waals surface area contributed by atoms with Crippen molar-refractivity contribution in [2.75, 3.05) is 33.1 Å². The van der Waals surface area contributed by atoms with Crippen molar-refractivity contribution in [1.29, 1.82) is 0 Å². The molecule has 1 aromatic heterocycles. The van der Waals surface area contributed by atoms with Gasteiger partial charge in [-0.15, -0.1) is 10.2 Å². The molecular formula is C20H22BrN5O2. The largest absolute Gasteiger partial charge is 0.493 e. The number of carbonyl (C=O) groups excluding carboxylic acids is 1. The van der Waals surface area contributed by atoms with E-state index in [0.717, 1.165) is 15.7 Å². The topological polar surface area (TPSA) is 73.4 Å². The fraction of sp³-hybridized carbons (Fsp3) is 0.250. The van der Waals surface area contributed by atoms with Gasteiger partial charge >= 0.3 is 0 Å². The molecule has 0 atom stereocenters. The Morgan fingerprint density at radius 1 is 1.11 bits per heavy atom. The molecule has 0 aliphatic heterocycles. The first-order chi connectivity index (χ1) is 13.3. The van der Waals surface area contributed by atoms with Crippen LogP contribution in [0, 0.1) is 0 Å². The average molecular weight is 444 g/mol. The summed E-state index contributed by atoms with van der Waals surface area (Å²) in [7, 11) is 7.68. The van der Waals surface area contributed by atoms with Gasteiger partial charge in [-0.05, 0) is 56.6 Å². The number of nitrogens with zero attached hydrogens (tertiary/aromatic N) is 5. The molecule has 1 amide bonds. The molecule has 0 aliphatic rings. The second kappa shape index (κ2) is 8.12. The molecule has 2 aromatic carbocycles. The van der Waals surface area contributed by atoms with Gasteiger partial charge in [0.2, 0.25) is 5.88 Å². The SMILES string of the molecule is CN(C)Cn1c(O)c(N=NC(=O)c2ccc(N(C)C)cc2)c2cc(Br)ccc21. The average Bonchev–Trinajstić information content (AvgIpc) is 2.90. The highest BCUT2D eigenvalue weighted by Crippen LogP contribution is 2.40. The summed E-state index contributed by atoms with van der Waals surface area (Å²) in [4.78, 5) is 16.3. The van der Waals surface area contributed by atoms with Gasteiger partial charge in [-0.25, -0.2) is 0 Å². The molecule has 0 spiro atoms. The predicted molar refractivity (Wildman–Crippen MR) is 115 cm³/mol. The molecule has 0 unspecified atom stereocenters. The minimum atomic E-state index is -0.465. The van der Waals surface area contributed by atoms with Gasteiger partial charge < -0.3 is 10.0 Å². The van der Waals surface area contributed by atoms with Crippen LogP contribution in [0.1, 0.15) is 10.4 Å². The molecule has 3 rings (SSSR count). The van der Waals surface area contributed by atoms with Crippen molar-refractivity contribution >= 4 is 44.1 Å². The number of azo groups is 1. The van der Waals surface area contributed by atoms with Crippen molar-refractivity contribution in [2.45, 2.75) is 6.67 Å². The van der Waals surface area contributed by atoms with Gasteiger partial charge in [0, 0.05) is 35.2 Å². The summed E-state index contributed by atoms with van der Waals surface area (Å²) in [5, 5.41) is 19.3. The third kappa shape index (κ3) is 4.07. The van der Waals surface area contributed by atoms with Crippen LogP contribution in [0.3, 0.4) is 0 Å². The molecule has 1 heterocycles. The number of hydrogen-bond acceptors (Lipinski definition) is 5. The Kier molecular flexibility index (Phi) is 5.81. The van der Waals surface area contributed by atoms with Crippen LogP contribution < -0.4 is 4.90 Å². The Balaban J connectivity index is 1.97. The third-order valence-electron chi connectivity index (χ3n) is 4.27. The molecule has 3 aromatic rings. The van der Waals surface area contributed by atoms with Crippen molar-refractivity contribution in [3.8, 4) is 5.88 Å². The molecule has 8 heteroatoms. The second-order valence-electron chi connectivity index (χ2n) is 6.93. The van der Waals surface area contributed by atoms with Gasteiger partial charge in [0.1, 0.15) is 0 Å². The van der Waals surface area contributed by atoms with Gasteiger partial charge in [-0.2, -0.15) is 0 Å². The second-order valence-corrected chi connectivity index (χ2v) is 7.84. The number of aromatic hydroxyl groups is 1. The van der Waals surface area contributed by atoms with Crippen molar-refractivity contribution in [1.82, 2.24) is 9.47 Å². The summed E-state index contributed by atoms with van der Waals surface area (Å²) in [5.74, 6) is -0.491. The first-order valence-corrected chi connectivity index (χ1v) is 9.46. The molecule has 1 N–H and O–H groups in total. The van der Waals surface area contributed by atoms with Gasteiger partial charge in [-0.3, -0.25) is 14.3 Å². The van der Waals surface area contributed by atoms with E-state index in [-0.39, 0.29) is 11.6 Å². The van der Waals surface area contributed by atoms with Crippen LogP contribution in [0.15, 0.2) is 57.2 Å². The molecule has 0 radical (unpaired) electrons. The first-order valence-electron chi connectivity index (χ1n) is 8.67. The molecule has 7 nitrogen and oxygen atoms in total. The Morgan fingerprint density at radius 3 is 2.39 bits per heavy atom. The monoisotopic (exact) mass is 443 g/mol. The zero-order valence-electron chi connectivity index (χ0n) is 16.2. The Morgan fingerprint density at radius 2 is 1.79 bits per heavy atom. The van der Waals surface area contributed by atoms with Crippen LogP contribution in [0.25, 0.3) is 10.9 Å². The van der Waals surface area contributed by atoms with Crippen LogP contribution in [0.5, 0.6) is 5.88 Å². The van der Waals surface area contributed by atoms with Crippen LogP contribution in [-0.2, 0) is 6.67 Å². The fourth-order valence-corrected chi connectivity index (χ4v) is 3.24. The van der Waals surface area contributed by atoms with Crippen molar-refractivity contribution in [2.24, 2.45) is 10.2 Å². The third-order valence-corrected chi connectivity index (χ3v) is 4.76. The van der Waals surface area contributed by atoms with E-state index in [4.69, 9.17) is 0 Å². The van der Waals surface area contributed by atoms with Crippen LogP contribution in [0.4, 0.5) is 11.4 Å². The number of halogens is 1. The standard InChI is InChI=1S/C20H22BrN5O2/c1-24(2)12-26-17-10-7-14(21)11-16(17)18(20(26)28)22-23-19(27)13-5-8-15(9-6-13)25(3)4/h5-11,28H,12H2,1-4H3. The summed E-state index contributed by atoms with van der Waals surface area (Å²) in [6.45, 7) is 0.472. The highest BCUT2D eigenvalue weighted by Gasteiger charge is 2.18. The molecule has 0 bridgehead atoms. The van der Waals surface area contributed by atoms with Crippen molar-refractivity contribution in [3.05, 3.63) is 52.5 Å². The van der Waals surface area contributed by atoms with E-state index < -0.39 is 5.91 Å². The van der Waals surface area contributed by atoms with Crippen molar-refractivity contribution in [3.63, 3.8) is 0 Å². The maximum Gasteiger partial charge on any atom is 0.295 e. The fourth-order valence-electron chi connectivity index (χ4n) is 2.88. The zero-order valence-corrected chi connectivity index (χ0v) is 17.8. The van der Waals surface area contributed by atoms with Gasteiger partial charge in [-0.1, -0.05) is 15.9 Å². The number of benzene rings is 2. The molecule has 146 valence electrons. The summed E-state index contributed by atoms with van der Waals surface area (Å²) >= 11 is 3.44. The summed E-state index contributed by atoms with van der Waals surface area (Å²) in [6, 6.07) is 12.8. The summed E-state index contributed by atoms with van der Waals surface area (Å²) in [5.41, 5.74) is 2.51. The van der Waals surface area contributed by atoms with E-state index >= 15 is 0 Å². The smallest absolute Gasteiger partial charge is 0.295 e. The number of rotatable bonds is 5. The van der Waals surface area contributed by atoms with Crippen molar-refractivity contribution < 1.29 is 9.90 Å². The highest BCUT2D eigenvalue weighted by atomic mass is 79.9. The van der Waals surface area contributed by atoms with Crippen LogP contribution in [0.2, 0.25) is 0 Å². The number of anilines is 1. The first kappa shape index (κ1) is 20.0. The molecule has 0 aliphatic carbocycles. The minimum absolute atomic E-state index is 0.0266. The van der Waals surface area contributed by atoms with E-state index in [9.17, 15) is 9.90 Å². The quantitative estimate of drug-likeness (QED) is 0.583. The van der Waals surface area contributed by atoms with E-state index in [1.54, 1.807) is 16.7 Å². The number of fused-ring (bicyclic) bond motifs is 1. The lowest BCUT2D eigenvalue weighted by atomic mass is 10.2. The predicted octanol–water partition coefficient (Wildman–Crippen LogP) is 4.62. The molecule has 28 heavy (non-hydrogen) atoms. The highest BCUT2D eigenvalue weighted by molar-refractivity contribution is 9.10. The Bertz CT molecular complexity index is 1040. The molecular weight excluding hydrogens is 422 g/mol. The summed E-state index contributed by atoms with van der Waals surface area (Å²) < 4.78 is 2.58. The number of aromatic nitrogens is 1. The zero-order chi connectivity index (χ0) is 20.4. The van der Waals surface area contributed by atoms with E-state index in [1.807, 2.05) is 68.3 Å². The Hall–Kier alpha value is -2.71. The van der Waals surface area contributed by atoms with Gasteiger partial charge in [0.05, 0.1) is 12.2 Å². The molecule has 0 saturated heterocycles.